The van der Waals surface area contributed by atoms with Crippen molar-refractivity contribution in [3.05, 3.63) is 11.4 Å². The van der Waals surface area contributed by atoms with E-state index in [4.69, 9.17) is 15.7 Å². The van der Waals surface area contributed by atoms with Crippen LogP contribution in [0.5, 0.6) is 0 Å². The van der Waals surface area contributed by atoms with Crippen molar-refractivity contribution < 1.29 is 9.53 Å². The maximum Gasteiger partial charge on any atom is 0.270 e. The summed E-state index contributed by atoms with van der Waals surface area (Å²) >= 11 is 0. The first-order valence-electron chi connectivity index (χ1n) is 4.63. The van der Waals surface area contributed by atoms with E-state index in [-0.39, 0.29) is 11.4 Å². The SMILES string of the molecule is CCOC=N/C(C#N)=C(\N=C(C)C)C(N)=O. The fraction of sp³-hybridized carbons (Fsp3) is 0.400. The summed E-state index contributed by atoms with van der Waals surface area (Å²) in [6, 6.07) is 1.74. The Labute approximate surface area is 94.1 Å². The Bertz CT molecular complexity index is 384. The van der Waals surface area contributed by atoms with Crippen LogP contribution in [-0.4, -0.2) is 24.6 Å². The molecule has 6 heteroatoms. The third kappa shape index (κ3) is 4.91. The molecule has 0 aromatic heterocycles. The van der Waals surface area contributed by atoms with E-state index >= 15 is 0 Å². The minimum Gasteiger partial charge on any atom is -0.483 e. The summed E-state index contributed by atoms with van der Waals surface area (Å²) in [5.74, 6) is -0.800. The van der Waals surface area contributed by atoms with Crippen LogP contribution in [0.1, 0.15) is 20.8 Å². The number of hydrogen-bond donors (Lipinski definition) is 1. The highest BCUT2D eigenvalue weighted by Crippen LogP contribution is 2.07. The second-order valence-corrected chi connectivity index (χ2v) is 2.92. The van der Waals surface area contributed by atoms with Gasteiger partial charge >= 0.3 is 0 Å². The molecule has 1 amide bonds. The normalized spacial score (nSPS) is 11.6. The summed E-state index contributed by atoms with van der Waals surface area (Å²) in [5.41, 5.74) is 5.37. The highest BCUT2D eigenvalue weighted by Gasteiger charge is 2.10. The topological polar surface area (TPSA) is 101 Å². The maximum absolute atomic E-state index is 11.1. The number of hydrogen-bond acceptors (Lipinski definition) is 5. The van der Waals surface area contributed by atoms with Gasteiger partial charge in [-0.2, -0.15) is 5.26 Å². The molecule has 86 valence electrons. The average Bonchev–Trinajstić information content (AvgIpc) is 2.21. The predicted molar refractivity (Wildman–Crippen MR) is 60.7 cm³/mol. The molecular weight excluding hydrogens is 208 g/mol. The van der Waals surface area contributed by atoms with E-state index in [1.165, 1.54) is 0 Å². The summed E-state index contributed by atoms with van der Waals surface area (Å²) in [6.07, 6.45) is 1.09. The number of carbonyl (C=O) groups is 1. The van der Waals surface area contributed by atoms with E-state index in [1.807, 2.05) is 0 Å². The number of rotatable bonds is 5. The maximum atomic E-state index is 11.1. The summed E-state index contributed by atoms with van der Waals surface area (Å²) in [4.78, 5) is 18.6. The fourth-order valence-corrected chi connectivity index (χ4v) is 0.756. The number of nitrogens with two attached hydrogens (primary N) is 1. The van der Waals surface area contributed by atoms with E-state index < -0.39 is 5.91 Å². The lowest BCUT2D eigenvalue weighted by molar-refractivity contribution is -0.114. The van der Waals surface area contributed by atoms with Crippen molar-refractivity contribution in [3.63, 3.8) is 0 Å². The summed E-state index contributed by atoms with van der Waals surface area (Å²) in [7, 11) is 0. The minimum atomic E-state index is -0.800. The second kappa shape index (κ2) is 7.17. The molecule has 0 aliphatic rings. The first-order valence-corrected chi connectivity index (χ1v) is 4.63. The molecule has 0 saturated carbocycles. The van der Waals surface area contributed by atoms with Gasteiger partial charge in [-0.05, 0) is 20.8 Å². The number of nitriles is 1. The molecule has 0 spiro atoms. The van der Waals surface area contributed by atoms with Gasteiger partial charge in [0.2, 0.25) is 0 Å². The minimum absolute atomic E-state index is 0.165. The van der Waals surface area contributed by atoms with Crippen LogP contribution in [0.25, 0.3) is 0 Å². The fourth-order valence-electron chi connectivity index (χ4n) is 0.756. The lowest BCUT2D eigenvalue weighted by Crippen LogP contribution is -2.15. The molecule has 0 radical (unpaired) electrons. The average molecular weight is 222 g/mol. The lowest BCUT2D eigenvalue weighted by Gasteiger charge is -1.98. The van der Waals surface area contributed by atoms with Crippen LogP contribution < -0.4 is 5.73 Å². The van der Waals surface area contributed by atoms with E-state index in [0.717, 1.165) is 6.40 Å². The van der Waals surface area contributed by atoms with Crippen LogP contribution in [0.15, 0.2) is 21.4 Å². The van der Waals surface area contributed by atoms with Gasteiger partial charge in [-0.3, -0.25) is 4.79 Å². The van der Waals surface area contributed by atoms with E-state index in [2.05, 4.69) is 9.98 Å². The summed E-state index contributed by atoms with van der Waals surface area (Å²) in [5, 5.41) is 8.80. The monoisotopic (exact) mass is 222 g/mol. The number of nitrogens with zero attached hydrogens (tertiary/aromatic N) is 3. The Morgan fingerprint density at radius 2 is 2.19 bits per heavy atom. The highest BCUT2D eigenvalue weighted by atomic mass is 16.5. The molecule has 0 heterocycles. The van der Waals surface area contributed by atoms with Gasteiger partial charge in [-0.1, -0.05) is 0 Å². The van der Waals surface area contributed by atoms with Gasteiger partial charge in [0.25, 0.3) is 5.91 Å². The molecule has 16 heavy (non-hydrogen) atoms. The van der Waals surface area contributed by atoms with Crippen molar-refractivity contribution in [3.8, 4) is 6.07 Å². The zero-order chi connectivity index (χ0) is 12.6. The Morgan fingerprint density at radius 3 is 2.56 bits per heavy atom. The molecule has 2 N–H and O–H groups in total. The van der Waals surface area contributed by atoms with Gasteiger partial charge in [-0.15, -0.1) is 0 Å². The number of allylic oxidation sites excluding steroid dienone is 1. The Hall–Kier alpha value is -2.16. The van der Waals surface area contributed by atoms with Gasteiger partial charge in [0.15, 0.2) is 17.8 Å². The summed E-state index contributed by atoms with van der Waals surface area (Å²) in [6.45, 7) is 5.56. The standard InChI is InChI=1S/C10H14N4O2/c1-4-16-6-13-8(5-11)9(10(12)15)14-7(2)3/h6H,4H2,1-3H3,(H2,12,15)/b9-8-,13-6?. The number of carbonyl (C=O) groups excluding carboxylic acids is 1. The van der Waals surface area contributed by atoms with Crippen molar-refractivity contribution in [1.82, 2.24) is 0 Å². The molecule has 0 bridgehead atoms. The zero-order valence-electron chi connectivity index (χ0n) is 9.52. The molecule has 0 atom stereocenters. The third-order valence-corrected chi connectivity index (χ3v) is 1.32. The van der Waals surface area contributed by atoms with Gasteiger partial charge < -0.3 is 10.5 Å². The zero-order valence-corrected chi connectivity index (χ0v) is 9.52. The van der Waals surface area contributed by atoms with Gasteiger partial charge in [0.05, 0.1) is 6.61 Å². The predicted octanol–water partition coefficient (Wildman–Crippen LogP) is 0.752. The van der Waals surface area contributed by atoms with Crippen LogP contribution in [0.3, 0.4) is 0 Å². The second-order valence-electron chi connectivity index (χ2n) is 2.92. The first kappa shape index (κ1) is 13.8. The largest absolute Gasteiger partial charge is 0.483 e. The van der Waals surface area contributed by atoms with Crippen LogP contribution in [0.4, 0.5) is 0 Å². The Kier molecular flexibility index (Phi) is 6.21. The van der Waals surface area contributed by atoms with Gasteiger partial charge in [0.1, 0.15) is 6.07 Å². The highest BCUT2D eigenvalue weighted by molar-refractivity contribution is 5.96. The van der Waals surface area contributed by atoms with E-state index in [0.29, 0.717) is 12.3 Å². The van der Waals surface area contributed by atoms with E-state index in [9.17, 15) is 4.79 Å². The first-order chi connectivity index (χ1) is 7.52. The molecule has 0 aliphatic carbocycles. The molecule has 0 fully saturated rings. The van der Waals surface area contributed by atoms with Gasteiger partial charge in [0, 0.05) is 5.71 Å². The number of aliphatic imine (C=N–C) groups is 2. The number of ether oxygens (including phenoxy) is 1. The van der Waals surface area contributed by atoms with Crippen molar-refractivity contribution in [2.24, 2.45) is 15.7 Å². The van der Waals surface area contributed by atoms with Crippen LogP contribution in [0, 0.1) is 11.3 Å². The smallest absolute Gasteiger partial charge is 0.270 e. The van der Waals surface area contributed by atoms with Crippen molar-refractivity contribution in [2.75, 3.05) is 6.61 Å². The van der Waals surface area contributed by atoms with Crippen LogP contribution >= 0.6 is 0 Å². The van der Waals surface area contributed by atoms with Crippen molar-refractivity contribution in [1.29, 1.82) is 5.26 Å². The molecule has 0 saturated heterocycles. The lowest BCUT2D eigenvalue weighted by atomic mass is 10.3. The van der Waals surface area contributed by atoms with E-state index in [1.54, 1.807) is 26.8 Å². The molecule has 0 rings (SSSR count). The molecular formula is C10H14N4O2. The molecule has 0 unspecified atom stereocenters. The molecule has 6 nitrogen and oxygen atoms in total. The summed E-state index contributed by atoms with van der Waals surface area (Å²) < 4.78 is 4.82. The Morgan fingerprint density at radius 1 is 1.56 bits per heavy atom. The molecule has 0 aromatic rings. The van der Waals surface area contributed by atoms with Crippen LogP contribution in [0.2, 0.25) is 0 Å². The third-order valence-electron chi connectivity index (χ3n) is 1.32. The molecule has 0 aliphatic heterocycles. The van der Waals surface area contributed by atoms with Crippen LogP contribution in [-0.2, 0) is 9.53 Å². The quantitative estimate of drug-likeness (QED) is 0.321. The molecule has 0 aromatic carbocycles. The Balaban J connectivity index is 5.28. The number of primary amides is 1. The van der Waals surface area contributed by atoms with Crippen molar-refractivity contribution >= 4 is 18.0 Å². The van der Waals surface area contributed by atoms with Crippen molar-refractivity contribution in [2.45, 2.75) is 20.8 Å². The number of amides is 1. The van der Waals surface area contributed by atoms with Gasteiger partial charge in [-0.25, -0.2) is 9.98 Å².